The van der Waals surface area contributed by atoms with Crippen molar-refractivity contribution in [1.29, 1.82) is 0 Å². The van der Waals surface area contributed by atoms with Crippen LogP contribution in [0.4, 0.5) is 0 Å². The van der Waals surface area contributed by atoms with Crippen LogP contribution in [0.2, 0.25) is 0 Å². The molecule has 1 saturated carbocycles. The smallest absolute Gasteiger partial charge is 0.0527 e. The molecule has 15 heavy (non-hydrogen) atoms. The minimum Gasteiger partial charge on any atom is -0.395 e. The standard InChI is InChI=1S/C14H18O/c15-10-14(7-8-14)13-6-5-11-3-1-2-4-12(11)9-13/h5-6,9,15H,1-4,7-8,10H2. The van der Waals surface area contributed by atoms with E-state index >= 15 is 0 Å². The summed E-state index contributed by atoms with van der Waals surface area (Å²) >= 11 is 0. The summed E-state index contributed by atoms with van der Waals surface area (Å²) in [6, 6.07) is 6.89. The van der Waals surface area contributed by atoms with E-state index in [4.69, 9.17) is 0 Å². The summed E-state index contributed by atoms with van der Waals surface area (Å²) in [4.78, 5) is 0. The molecule has 0 radical (unpaired) electrons. The van der Waals surface area contributed by atoms with Gasteiger partial charge in [0.1, 0.15) is 0 Å². The third-order valence-corrected chi connectivity index (χ3v) is 4.12. The van der Waals surface area contributed by atoms with Crippen molar-refractivity contribution in [2.45, 2.75) is 43.9 Å². The zero-order valence-electron chi connectivity index (χ0n) is 9.13. The van der Waals surface area contributed by atoms with Crippen molar-refractivity contribution in [2.24, 2.45) is 0 Å². The maximum Gasteiger partial charge on any atom is 0.0527 e. The average Bonchev–Trinajstić information content (AvgIpc) is 3.09. The first-order valence-electron chi connectivity index (χ1n) is 6.07. The number of hydrogen-bond donors (Lipinski definition) is 1. The minimum atomic E-state index is 0.145. The van der Waals surface area contributed by atoms with E-state index in [1.807, 2.05) is 0 Å². The minimum absolute atomic E-state index is 0.145. The van der Waals surface area contributed by atoms with Gasteiger partial charge in [-0.05, 0) is 55.2 Å². The lowest BCUT2D eigenvalue weighted by atomic mass is 9.87. The van der Waals surface area contributed by atoms with Crippen molar-refractivity contribution < 1.29 is 5.11 Å². The quantitative estimate of drug-likeness (QED) is 0.781. The van der Waals surface area contributed by atoms with Crippen molar-refractivity contribution in [1.82, 2.24) is 0 Å². The average molecular weight is 202 g/mol. The second-order valence-electron chi connectivity index (χ2n) is 5.13. The molecule has 1 N–H and O–H groups in total. The fourth-order valence-corrected chi connectivity index (χ4v) is 2.75. The molecular weight excluding hydrogens is 184 g/mol. The maximum atomic E-state index is 9.41. The molecule has 1 heteroatoms. The zero-order chi connectivity index (χ0) is 10.3. The molecule has 1 aromatic rings. The van der Waals surface area contributed by atoms with E-state index in [0.29, 0.717) is 6.61 Å². The maximum absolute atomic E-state index is 9.41. The largest absolute Gasteiger partial charge is 0.395 e. The Morgan fingerprint density at radius 3 is 2.47 bits per heavy atom. The van der Waals surface area contributed by atoms with Crippen LogP contribution in [0.15, 0.2) is 18.2 Å². The van der Waals surface area contributed by atoms with Gasteiger partial charge in [-0.2, -0.15) is 0 Å². The summed E-state index contributed by atoms with van der Waals surface area (Å²) in [6.45, 7) is 0.325. The SMILES string of the molecule is OCC1(c2ccc3c(c2)CCCC3)CC1. The normalized spacial score (nSPS) is 22.2. The Balaban J connectivity index is 1.97. The van der Waals surface area contributed by atoms with Gasteiger partial charge < -0.3 is 5.11 Å². The first-order valence-corrected chi connectivity index (χ1v) is 6.07. The summed E-state index contributed by atoms with van der Waals surface area (Å²) in [6.07, 6.45) is 7.51. The molecule has 80 valence electrons. The van der Waals surface area contributed by atoms with Gasteiger partial charge in [0.2, 0.25) is 0 Å². The Kier molecular flexibility index (Phi) is 2.10. The Hall–Kier alpha value is -0.820. The molecule has 1 nitrogen and oxygen atoms in total. The van der Waals surface area contributed by atoms with Crippen LogP contribution < -0.4 is 0 Å². The molecule has 3 rings (SSSR count). The van der Waals surface area contributed by atoms with Gasteiger partial charge in [-0.1, -0.05) is 18.2 Å². The lowest BCUT2D eigenvalue weighted by Gasteiger charge is -2.19. The molecule has 1 aromatic carbocycles. The van der Waals surface area contributed by atoms with E-state index in [9.17, 15) is 5.11 Å². The van der Waals surface area contributed by atoms with Crippen LogP contribution in [0.3, 0.4) is 0 Å². The zero-order valence-corrected chi connectivity index (χ0v) is 9.13. The Morgan fingerprint density at radius 2 is 1.80 bits per heavy atom. The van der Waals surface area contributed by atoms with Crippen LogP contribution in [-0.2, 0) is 18.3 Å². The summed E-state index contributed by atoms with van der Waals surface area (Å²) < 4.78 is 0. The van der Waals surface area contributed by atoms with Crippen LogP contribution in [0, 0.1) is 0 Å². The molecule has 0 unspecified atom stereocenters. The van der Waals surface area contributed by atoms with E-state index in [0.717, 1.165) is 0 Å². The van der Waals surface area contributed by atoms with Gasteiger partial charge in [0.05, 0.1) is 6.61 Å². The topological polar surface area (TPSA) is 20.2 Å². The highest BCUT2D eigenvalue weighted by Crippen LogP contribution is 2.48. The van der Waals surface area contributed by atoms with Crippen LogP contribution in [0.5, 0.6) is 0 Å². The second-order valence-corrected chi connectivity index (χ2v) is 5.13. The predicted molar refractivity (Wildman–Crippen MR) is 61.1 cm³/mol. The Labute approximate surface area is 91.1 Å². The van der Waals surface area contributed by atoms with Crippen LogP contribution >= 0.6 is 0 Å². The van der Waals surface area contributed by atoms with Gasteiger partial charge in [0, 0.05) is 5.41 Å². The van der Waals surface area contributed by atoms with Crippen molar-refractivity contribution in [3.05, 3.63) is 34.9 Å². The molecule has 2 aliphatic carbocycles. The van der Waals surface area contributed by atoms with E-state index in [2.05, 4.69) is 18.2 Å². The van der Waals surface area contributed by atoms with Gasteiger partial charge in [0.25, 0.3) is 0 Å². The summed E-state index contributed by atoms with van der Waals surface area (Å²) in [5, 5.41) is 9.41. The number of aliphatic hydroxyl groups excluding tert-OH is 1. The second kappa shape index (κ2) is 3.34. The predicted octanol–water partition coefficient (Wildman–Crippen LogP) is 2.59. The molecule has 2 aliphatic rings. The highest BCUT2D eigenvalue weighted by molar-refractivity contribution is 5.40. The van der Waals surface area contributed by atoms with E-state index in [1.54, 1.807) is 11.1 Å². The summed E-state index contributed by atoms with van der Waals surface area (Å²) in [7, 11) is 0. The molecule has 0 bridgehead atoms. The third-order valence-electron chi connectivity index (χ3n) is 4.12. The first kappa shape index (κ1) is 9.41. The molecule has 0 heterocycles. The van der Waals surface area contributed by atoms with Crippen LogP contribution in [-0.4, -0.2) is 11.7 Å². The third kappa shape index (κ3) is 1.50. The van der Waals surface area contributed by atoms with Gasteiger partial charge >= 0.3 is 0 Å². The fourth-order valence-electron chi connectivity index (χ4n) is 2.75. The lowest BCUT2D eigenvalue weighted by Crippen LogP contribution is -2.13. The van der Waals surface area contributed by atoms with Crippen molar-refractivity contribution in [3.63, 3.8) is 0 Å². The molecule has 0 aliphatic heterocycles. The number of aliphatic hydroxyl groups is 1. The van der Waals surface area contributed by atoms with Crippen LogP contribution in [0.1, 0.15) is 42.4 Å². The first-order chi connectivity index (χ1) is 7.34. The Bertz CT molecular complexity index is 377. The van der Waals surface area contributed by atoms with Gasteiger partial charge in [0.15, 0.2) is 0 Å². The van der Waals surface area contributed by atoms with E-state index in [1.165, 1.54) is 44.1 Å². The fraction of sp³-hybridized carbons (Fsp3) is 0.571. The Morgan fingerprint density at radius 1 is 1.07 bits per heavy atom. The van der Waals surface area contributed by atoms with E-state index < -0.39 is 0 Å². The lowest BCUT2D eigenvalue weighted by molar-refractivity contribution is 0.255. The molecular formula is C14H18O. The highest BCUT2D eigenvalue weighted by Gasteiger charge is 2.43. The van der Waals surface area contributed by atoms with E-state index in [-0.39, 0.29) is 5.41 Å². The van der Waals surface area contributed by atoms with Crippen molar-refractivity contribution in [2.75, 3.05) is 6.61 Å². The molecule has 0 saturated heterocycles. The number of rotatable bonds is 2. The van der Waals surface area contributed by atoms with Crippen molar-refractivity contribution >= 4 is 0 Å². The van der Waals surface area contributed by atoms with Crippen LogP contribution in [0.25, 0.3) is 0 Å². The summed E-state index contributed by atoms with van der Waals surface area (Å²) in [5.41, 5.74) is 4.61. The molecule has 0 atom stereocenters. The van der Waals surface area contributed by atoms with Crippen molar-refractivity contribution in [3.8, 4) is 0 Å². The number of hydrogen-bond acceptors (Lipinski definition) is 1. The number of aryl methyl sites for hydroxylation is 2. The number of fused-ring (bicyclic) bond motifs is 1. The molecule has 1 fully saturated rings. The van der Waals surface area contributed by atoms with Gasteiger partial charge in [-0.25, -0.2) is 0 Å². The van der Waals surface area contributed by atoms with Gasteiger partial charge in [-0.15, -0.1) is 0 Å². The molecule has 0 amide bonds. The van der Waals surface area contributed by atoms with Gasteiger partial charge in [-0.3, -0.25) is 0 Å². The monoisotopic (exact) mass is 202 g/mol. The number of benzene rings is 1. The summed E-state index contributed by atoms with van der Waals surface area (Å²) in [5.74, 6) is 0. The molecule has 0 aromatic heterocycles. The highest BCUT2D eigenvalue weighted by atomic mass is 16.3. The molecule has 0 spiro atoms.